The van der Waals surface area contributed by atoms with Crippen molar-refractivity contribution in [2.45, 2.75) is 41.0 Å². The minimum Gasteiger partial charge on any atom is -0.481 e. The van der Waals surface area contributed by atoms with E-state index in [4.69, 9.17) is 5.11 Å². The van der Waals surface area contributed by atoms with Crippen LogP contribution >= 0.6 is 0 Å². The van der Waals surface area contributed by atoms with Gasteiger partial charge in [0.25, 0.3) is 0 Å². The second-order valence-electron chi connectivity index (χ2n) is 4.74. The summed E-state index contributed by atoms with van der Waals surface area (Å²) in [5.41, 5.74) is 0.212. The molecule has 0 saturated heterocycles. The Morgan fingerprint density at radius 1 is 1.33 bits per heavy atom. The first-order valence-corrected chi connectivity index (χ1v) is 4.48. The predicted octanol–water partition coefficient (Wildman–Crippen LogP) is 2.78. The molecule has 0 aromatic rings. The largest absolute Gasteiger partial charge is 0.481 e. The van der Waals surface area contributed by atoms with Gasteiger partial charge in [-0.15, -0.1) is 0 Å². The van der Waals surface area contributed by atoms with Crippen molar-refractivity contribution in [1.82, 2.24) is 0 Å². The van der Waals surface area contributed by atoms with E-state index in [0.717, 1.165) is 6.42 Å². The number of hydrogen-bond acceptors (Lipinski definition) is 1. The Hall–Kier alpha value is -0.530. The predicted molar refractivity (Wildman–Crippen MR) is 50.0 cm³/mol. The lowest BCUT2D eigenvalue weighted by Crippen LogP contribution is -2.22. The van der Waals surface area contributed by atoms with Crippen molar-refractivity contribution >= 4 is 5.97 Å². The lowest BCUT2D eigenvalue weighted by Gasteiger charge is -2.28. The molecule has 0 aliphatic rings. The van der Waals surface area contributed by atoms with Crippen molar-refractivity contribution in [3.8, 4) is 0 Å². The molecular formula is C10H20O2. The Morgan fingerprint density at radius 3 is 2.00 bits per heavy atom. The average molecular weight is 172 g/mol. The van der Waals surface area contributed by atoms with E-state index in [1.165, 1.54) is 0 Å². The normalized spacial score (nSPS) is 17.1. The Balaban J connectivity index is 4.01. The van der Waals surface area contributed by atoms with E-state index in [0.29, 0.717) is 5.92 Å². The maximum atomic E-state index is 10.6. The second-order valence-corrected chi connectivity index (χ2v) is 4.74. The van der Waals surface area contributed by atoms with E-state index < -0.39 is 5.97 Å². The molecule has 0 aliphatic carbocycles. The standard InChI is InChI=1S/C10H20O2/c1-7(9(11)12)6-8(2)10(3,4)5/h7-8H,6H2,1-5H3,(H,11,12)/t7-,8+/m1/s1. The van der Waals surface area contributed by atoms with E-state index in [2.05, 4.69) is 27.7 Å². The van der Waals surface area contributed by atoms with Crippen LogP contribution in [0, 0.1) is 17.3 Å². The highest BCUT2D eigenvalue weighted by molar-refractivity contribution is 5.69. The zero-order valence-corrected chi connectivity index (χ0v) is 8.72. The third-order valence-electron chi connectivity index (χ3n) is 2.61. The van der Waals surface area contributed by atoms with E-state index >= 15 is 0 Å². The van der Waals surface area contributed by atoms with Crippen molar-refractivity contribution in [3.05, 3.63) is 0 Å². The minimum atomic E-state index is -0.689. The average Bonchev–Trinajstić information content (AvgIpc) is 1.85. The van der Waals surface area contributed by atoms with Crippen LogP contribution in [-0.2, 0) is 4.79 Å². The third-order valence-corrected chi connectivity index (χ3v) is 2.61. The van der Waals surface area contributed by atoms with Crippen LogP contribution in [0.2, 0.25) is 0 Å². The summed E-state index contributed by atoms with van der Waals surface area (Å²) in [5, 5.41) is 8.70. The van der Waals surface area contributed by atoms with Crippen molar-refractivity contribution in [1.29, 1.82) is 0 Å². The topological polar surface area (TPSA) is 37.3 Å². The summed E-state index contributed by atoms with van der Waals surface area (Å²) >= 11 is 0. The summed E-state index contributed by atoms with van der Waals surface area (Å²) in [6.45, 7) is 10.3. The van der Waals surface area contributed by atoms with Crippen molar-refractivity contribution < 1.29 is 9.90 Å². The second kappa shape index (κ2) is 3.92. The van der Waals surface area contributed by atoms with Crippen LogP contribution in [0.15, 0.2) is 0 Å². The molecule has 0 aliphatic heterocycles. The number of carbonyl (C=O) groups is 1. The molecule has 2 heteroatoms. The fraction of sp³-hybridized carbons (Fsp3) is 0.900. The van der Waals surface area contributed by atoms with Crippen LogP contribution in [0.25, 0.3) is 0 Å². The summed E-state index contributed by atoms with van der Waals surface area (Å²) in [6, 6.07) is 0. The number of aliphatic carboxylic acids is 1. The molecule has 72 valence electrons. The van der Waals surface area contributed by atoms with Crippen LogP contribution < -0.4 is 0 Å². The molecular weight excluding hydrogens is 152 g/mol. The van der Waals surface area contributed by atoms with Crippen LogP contribution in [0.1, 0.15) is 41.0 Å². The molecule has 0 spiro atoms. The van der Waals surface area contributed by atoms with E-state index in [1.807, 2.05) is 0 Å². The summed E-state index contributed by atoms with van der Waals surface area (Å²) in [7, 11) is 0. The summed E-state index contributed by atoms with van der Waals surface area (Å²) in [6.07, 6.45) is 0.763. The highest BCUT2D eigenvalue weighted by atomic mass is 16.4. The van der Waals surface area contributed by atoms with Gasteiger partial charge >= 0.3 is 5.97 Å². The molecule has 0 radical (unpaired) electrons. The molecule has 0 rings (SSSR count). The van der Waals surface area contributed by atoms with Gasteiger partial charge in [-0.1, -0.05) is 34.6 Å². The van der Waals surface area contributed by atoms with Crippen LogP contribution in [0.4, 0.5) is 0 Å². The smallest absolute Gasteiger partial charge is 0.306 e. The van der Waals surface area contributed by atoms with Crippen molar-refractivity contribution in [2.24, 2.45) is 17.3 Å². The van der Waals surface area contributed by atoms with Crippen molar-refractivity contribution in [2.75, 3.05) is 0 Å². The SMILES string of the molecule is C[C@H](C[C@H](C)C(C)(C)C)C(=O)O. The van der Waals surface area contributed by atoms with E-state index in [1.54, 1.807) is 6.92 Å². The molecule has 2 atom stereocenters. The monoisotopic (exact) mass is 172 g/mol. The molecule has 0 aromatic carbocycles. The van der Waals surface area contributed by atoms with Crippen LogP contribution in [0.5, 0.6) is 0 Å². The lowest BCUT2D eigenvalue weighted by atomic mass is 9.77. The van der Waals surface area contributed by atoms with Gasteiger partial charge in [-0.25, -0.2) is 0 Å². The lowest BCUT2D eigenvalue weighted by molar-refractivity contribution is -0.141. The first-order valence-electron chi connectivity index (χ1n) is 4.48. The number of rotatable bonds is 3. The van der Waals surface area contributed by atoms with Crippen LogP contribution in [-0.4, -0.2) is 11.1 Å². The van der Waals surface area contributed by atoms with Gasteiger partial charge in [0.15, 0.2) is 0 Å². The molecule has 0 aromatic heterocycles. The molecule has 0 unspecified atom stereocenters. The maximum Gasteiger partial charge on any atom is 0.306 e. The highest BCUT2D eigenvalue weighted by Crippen LogP contribution is 2.30. The van der Waals surface area contributed by atoms with Gasteiger partial charge in [0.2, 0.25) is 0 Å². The molecule has 0 amide bonds. The van der Waals surface area contributed by atoms with Gasteiger partial charge in [-0.3, -0.25) is 4.79 Å². The van der Waals surface area contributed by atoms with E-state index in [-0.39, 0.29) is 11.3 Å². The summed E-state index contributed by atoms with van der Waals surface area (Å²) in [5.74, 6) is -0.464. The first kappa shape index (κ1) is 11.5. The van der Waals surface area contributed by atoms with E-state index in [9.17, 15) is 4.79 Å². The molecule has 0 bridgehead atoms. The quantitative estimate of drug-likeness (QED) is 0.710. The summed E-state index contributed by atoms with van der Waals surface area (Å²) in [4.78, 5) is 10.6. The molecule has 0 fully saturated rings. The zero-order chi connectivity index (χ0) is 9.94. The molecule has 0 heterocycles. The number of carboxylic acids is 1. The Bertz CT molecular complexity index is 156. The fourth-order valence-electron chi connectivity index (χ4n) is 0.985. The highest BCUT2D eigenvalue weighted by Gasteiger charge is 2.24. The first-order chi connectivity index (χ1) is 5.25. The molecule has 2 nitrogen and oxygen atoms in total. The van der Waals surface area contributed by atoms with Crippen molar-refractivity contribution in [3.63, 3.8) is 0 Å². The molecule has 1 N–H and O–H groups in total. The van der Waals surface area contributed by atoms with Gasteiger partial charge < -0.3 is 5.11 Å². The number of carboxylic acid groups (broad SMARTS) is 1. The van der Waals surface area contributed by atoms with Gasteiger partial charge in [0.1, 0.15) is 0 Å². The molecule has 12 heavy (non-hydrogen) atoms. The third kappa shape index (κ3) is 3.74. The Morgan fingerprint density at radius 2 is 1.75 bits per heavy atom. The Kier molecular flexibility index (Phi) is 3.75. The fourth-order valence-corrected chi connectivity index (χ4v) is 0.985. The molecule has 0 saturated carbocycles. The van der Waals surface area contributed by atoms with Gasteiger partial charge in [0.05, 0.1) is 5.92 Å². The van der Waals surface area contributed by atoms with Gasteiger partial charge in [-0.05, 0) is 17.8 Å². The van der Waals surface area contributed by atoms with Gasteiger partial charge in [-0.2, -0.15) is 0 Å². The van der Waals surface area contributed by atoms with Crippen LogP contribution in [0.3, 0.4) is 0 Å². The summed E-state index contributed by atoms with van der Waals surface area (Å²) < 4.78 is 0. The number of hydrogen-bond donors (Lipinski definition) is 1. The zero-order valence-electron chi connectivity index (χ0n) is 8.72. The van der Waals surface area contributed by atoms with Gasteiger partial charge in [0, 0.05) is 0 Å². The maximum absolute atomic E-state index is 10.6. The minimum absolute atomic E-state index is 0.212. The Labute approximate surface area is 75.0 Å².